The van der Waals surface area contributed by atoms with Gasteiger partial charge in [-0.3, -0.25) is 9.59 Å². The maximum atomic E-state index is 13.6. The van der Waals surface area contributed by atoms with Gasteiger partial charge < -0.3 is 100 Å². The number of unbranched alkanes of at least 4 members (excludes halogenated alkanes) is 46. The normalized spacial score (nSPS) is 26.2. The highest BCUT2D eigenvalue weighted by molar-refractivity contribution is 5.77. The van der Waals surface area contributed by atoms with Gasteiger partial charge in [-0.25, -0.2) is 4.79 Å². The molecular weight excluding hydrogens is 1350 g/mol. The zero-order chi connectivity index (χ0) is 76.7. The van der Waals surface area contributed by atoms with Crippen LogP contribution in [0.25, 0.3) is 0 Å². The molecule has 0 saturated carbocycles. The van der Waals surface area contributed by atoms with Crippen molar-refractivity contribution in [2.75, 3.05) is 26.4 Å². The van der Waals surface area contributed by atoms with E-state index in [1.54, 1.807) is 0 Å². The van der Waals surface area contributed by atoms with Gasteiger partial charge >= 0.3 is 5.97 Å². The summed E-state index contributed by atoms with van der Waals surface area (Å²) >= 11 is 0. The maximum Gasteiger partial charge on any atom is 0.364 e. The molecule has 3 fully saturated rings. The quantitative estimate of drug-likeness (QED) is 0.0199. The Morgan fingerprint density at radius 2 is 0.886 bits per heavy atom. The van der Waals surface area contributed by atoms with Crippen LogP contribution in [-0.4, -0.2) is 215 Å². The number of aliphatic hydroxyl groups is 11. The zero-order valence-electron chi connectivity index (χ0n) is 65.6. The first-order chi connectivity index (χ1) is 50.9. The Morgan fingerprint density at radius 1 is 0.486 bits per heavy atom. The fourth-order valence-corrected chi connectivity index (χ4v) is 15.0. The zero-order valence-corrected chi connectivity index (χ0v) is 65.6. The second kappa shape index (κ2) is 61.1. The molecule has 0 aromatic rings. The van der Waals surface area contributed by atoms with Gasteiger partial charge in [0.15, 0.2) is 12.6 Å². The van der Waals surface area contributed by atoms with Crippen molar-refractivity contribution in [2.45, 2.75) is 464 Å². The Bertz CT molecular complexity index is 2140. The van der Waals surface area contributed by atoms with E-state index in [-0.39, 0.29) is 18.9 Å². The van der Waals surface area contributed by atoms with Gasteiger partial charge in [-0.2, -0.15) is 0 Å². The van der Waals surface area contributed by atoms with Crippen LogP contribution in [0.1, 0.15) is 355 Å². The lowest BCUT2D eigenvalue weighted by molar-refractivity contribution is -0.386. The van der Waals surface area contributed by atoms with Crippen molar-refractivity contribution in [3.63, 3.8) is 0 Å². The minimum Gasteiger partial charge on any atom is -0.477 e. The number of carbonyl (C=O) groups excluding carboxylic acids is 2. The monoisotopic (exact) mass is 1500 g/mol. The molecule has 3 heterocycles. The number of amides is 2. The van der Waals surface area contributed by atoms with Gasteiger partial charge in [-0.1, -0.05) is 309 Å². The second-order valence-electron chi connectivity index (χ2n) is 31.0. The number of aliphatic carboxylic acids is 1. The van der Waals surface area contributed by atoms with Crippen LogP contribution >= 0.6 is 0 Å². The third kappa shape index (κ3) is 41.0. The maximum absolute atomic E-state index is 13.6. The number of carboxylic acids is 1. The summed E-state index contributed by atoms with van der Waals surface area (Å²) in [5, 5.41) is 137. The van der Waals surface area contributed by atoms with E-state index in [2.05, 4.69) is 36.6 Å². The Balaban J connectivity index is 1.48. The number of allylic oxidation sites excluding steroid dienone is 2. The van der Waals surface area contributed by atoms with Gasteiger partial charge in [0, 0.05) is 19.8 Å². The molecule has 3 aliphatic heterocycles. The van der Waals surface area contributed by atoms with Gasteiger partial charge in [-0.15, -0.1) is 0 Å². The molecule has 3 aliphatic rings. The smallest absolute Gasteiger partial charge is 0.364 e. The van der Waals surface area contributed by atoms with Crippen molar-refractivity contribution >= 4 is 17.8 Å². The minimum absolute atomic E-state index is 0.226. The average Bonchev–Trinajstić information content (AvgIpc) is 0.753. The van der Waals surface area contributed by atoms with Gasteiger partial charge in [-0.05, 0) is 38.5 Å². The van der Waals surface area contributed by atoms with Crippen LogP contribution < -0.4 is 10.6 Å². The molecule has 23 nitrogen and oxygen atoms in total. The Hall–Kier alpha value is -2.53. The van der Waals surface area contributed by atoms with Crippen molar-refractivity contribution < 1.29 is 104 Å². The molecule has 0 radical (unpaired) electrons. The lowest BCUT2D eigenvalue weighted by Crippen LogP contribution is -2.70. The highest BCUT2D eigenvalue weighted by atomic mass is 16.8. The fourth-order valence-electron chi connectivity index (χ4n) is 15.0. The lowest BCUT2D eigenvalue weighted by Gasteiger charge is -2.50. The number of aliphatic hydroxyl groups excluding tert-OH is 11. The van der Waals surface area contributed by atoms with Gasteiger partial charge in [0.25, 0.3) is 5.79 Å². The lowest BCUT2D eigenvalue weighted by atomic mass is 9.88. The summed E-state index contributed by atoms with van der Waals surface area (Å²) in [4.78, 5) is 38.8. The summed E-state index contributed by atoms with van der Waals surface area (Å²) in [6.07, 6.45) is 37.8. The van der Waals surface area contributed by atoms with E-state index in [0.717, 1.165) is 58.3 Å². The summed E-state index contributed by atoms with van der Waals surface area (Å²) in [6, 6.07) is -2.53. The first-order valence-corrected chi connectivity index (χ1v) is 42.5. The van der Waals surface area contributed by atoms with E-state index >= 15 is 0 Å². The molecule has 0 aliphatic carbocycles. The third-order valence-electron chi connectivity index (χ3n) is 21.7. The predicted molar refractivity (Wildman–Crippen MR) is 408 cm³/mol. The molecule has 0 spiro atoms. The Kier molecular flexibility index (Phi) is 56.3. The molecule has 2 amide bonds. The highest BCUT2D eigenvalue weighted by Crippen LogP contribution is 2.39. The number of nitrogens with one attached hydrogen (secondary N) is 2. The number of carboxylic acid groups (broad SMARTS) is 1. The Labute approximate surface area is 632 Å². The number of ether oxygens (including phenoxy) is 6. The largest absolute Gasteiger partial charge is 0.477 e. The van der Waals surface area contributed by atoms with Crippen LogP contribution in [0.4, 0.5) is 0 Å². The molecule has 0 bridgehead atoms. The molecule has 3 rings (SSSR count). The van der Waals surface area contributed by atoms with Crippen LogP contribution in [0.5, 0.6) is 0 Å². The number of carbonyl (C=O) groups is 3. The summed E-state index contributed by atoms with van der Waals surface area (Å²) < 4.78 is 35.0. The van der Waals surface area contributed by atoms with Crippen LogP contribution in [0, 0.1) is 0 Å². The predicted octanol–water partition coefficient (Wildman–Crippen LogP) is 12.1. The van der Waals surface area contributed by atoms with E-state index in [0.29, 0.717) is 19.3 Å². The molecule has 0 aromatic heterocycles. The van der Waals surface area contributed by atoms with Gasteiger partial charge in [0.05, 0.1) is 50.7 Å². The fraction of sp³-hybridized carbons (Fsp3) is 0.939. The first kappa shape index (κ1) is 96.7. The molecule has 618 valence electrons. The van der Waals surface area contributed by atoms with Crippen molar-refractivity contribution in [1.82, 2.24) is 10.6 Å². The molecular formula is C82H154N2O21. The standard InChI is InChI=1S/C82H154N2O21/c1-4-6-8-10-12-14-16-18-20-22-24-26-28-29-30-31-32-33-34-36-38-40-42-44-46-48-50-52-54-56-69(92)84-63(64(89)55-53-51-49-47-45-43-41-39-37-35-27-25-23-21-19-17-15-13-11-9-7-5-2)61-100-79-74(96)73(95)76(68(60-87)102-79)103-80-75(97)78(72(94)67(59-86)101-80)105-82(81(98)99)57-65(90)70(83-62(3)88)77(104-82)71(93)66(91)58-85/h29-30,63-68,70-80,85-87,89-91,93-97H,4-28,31-61H2,1-3H3,(H,83,88)(H,84,92)(H,98,99)/b30-29-. The van der Waals surface area contributed by atoms with E-state index in [1.165, 1.54) is 250 Å². The third-order valence-corrected chi connectivity index (χ3v) is 21.7. The van der Waals surface area contributed by atoms with E-state index < -0.39 is 148 Å². The molecule has 23 heteroatoms. The second-order valence-corrected chi connectivity index (χ2v) is 31.0. The highest BCUT2D eigenvalue weighted by Gasteiger charge is 2.60. The van der Waals surface area contributed by atoms with Crippen molar-refractivity contribution in [1.29, 1.82) is 0 Å². The SMILES string of the molecule is CCCCCCCCCCCCCC/C=C\CCCCCCCCCCCCCCCC(=O)NC(COC1OC(CO)C(OC2OC(CO)C(O)C(OC3(C(=O)O)CC(O)C(NC(C)=O)C(C(O)C(O)CO)O3)C2O)C(O)C1O)C(O)CCCCCCCCCCCCCCCCCCCCCCCC. The van der Waals surface area contributed by atoms with E-state index in [4.69, 9.17) is 28.4 Å². The number of hydrogen-bond acceptors (Lipinski definition) is 20. The van der Waals surface area contributed by atoms with Gasteiger partial charge in [0.1, 0.15) is 67.1 Å². The summed E-state index contributed by atoms with van der Waals surface area (Å²) in [7, 11) is 0. The topological polar surface area (TPSA) is 373 Å². The molecule has 0 aromatic carbocycles. The van der Waals surface area contributed by atoms with Crippen LogP contribution in [0.2, 0.25) is 0 Å². The van der Waals surface area contributed by atoms with E-state index in [1.807, 2.05) is 0 Å². The molecule has 3 saturated heterocycles. The van der Waals surface area contributed by atoms with Gasteiger partial charge in [0.2, 0.25) is 11.8 Å². The van der Waals surface area contributed by atoms with Crippen LogP contribution in [0.15, 0.2) is 12.2 Å². The summed E-state index contributed by atoms with van der Waals surface area (Å²) in [6.45, 7) is 2.27. The number of hydrogen-bond donors (Lipinski definition) is 14. The summed E-state index contributed by atoms with van der Waals surface area (Å²) in [5.74, 6) is -6.09. The van der Waals surface area contributed by atoms with Crippen molar-refractivity contribution in [3.8, 4) is 0 Å². The first-order valence-electron chi connectivity index (χ1n) is 42.5. The average molecular weight is 1500 g/mol. The molecule has 14 N–H and O–H groups in total. The molecule has 105 heavy (non-hydrogen) atoms. The van der Waals surface area contributed by atoms with Crippen LogP contribution in [-0.2, 0) is 42.8 Å². The summed E-state index contributed by atoms with van der Waals surface area (Å²) in [5.41, 5.74) is 0. The van der Waals surface area contributed by atoms with Crippen LogP contribution in [0.3, 0.4) is 0 Å². The Morgan fingerprint density at radius 3 is 1.29 bits per heavy atom. The number of rotatable bonds is 68. The molecule has 18 atom stereocenters. The minimum atomic E-state index is -3.08. The molecule has 18 unspecified atom stereocenters. The van der Waals surface area contributed by atoms with Crippen molar-refractivity contribution in [3.05, 3.63) is 12.2 Å². The van der Waals surface area contributed by atoms with E-state index in [9.17, 15) is 75.7 Å². The van der Waals surface area contributed by atoms with Crippen molar-refractivity contribution in [2.24, 2.45) is 0 Å².